The summed E-state index contributed by atoms with van der Waals surface area (Å²) in [5.41, 5.74) is 6.92. The van der Waals surface area contributed by atoms with Crippen molar-refractivity contribution in [2.45, 2.75) is 38.6 Å². The lowest BCUT2D eigenvalue weighted by molar-refractivity contribution is 0.674. The number of aromatic nitrogens is 1. The fourth-order valence-electron chi connectivity index (χ4n) is 2.09. The Morgan fingerprint density at radius 2 is 1.94 bits per heavy atom. The molecule has 4 heteroatoms. The SMILES string of the molecule is CC(N)c1csc(N(CC2CC2)CC2CC2)n1. The molecule has 2 fully saturated rings. The summed E-state index contributed by atoms with van der Waals surface area (Å²) in [5, 5.41) is 3.31. The lowest BCUT2D eigenvalue weighted by Gasteiger charge is -2.21. The van der Waals surface area contributed by atoms with E-state index >= 15 is 0 Å². The van der Waals surface area contributed by atoms with Gasteiger partial charge in [-0.15, -0.1) is 11.3 Å². The molecular formula is C13H21N3S. The largest absolute Gasteiger partial charge is 0.348 e. The molecule has 1 aromatic rings. The van der Waals surface area contributed by atoms with Gasteiger partial charge in [-0.3, -0.25) is 0 Å². The maximum absolute atomic E-state index is 5.88. The van der Waals surface area contributed by atoms with E-state index in [0.29, 0.717) is 0 Å². The molecule has 1 aromatic heterocycles. The van der Waals surface area contributed by atoms with E-state index in [2.05, 4.69) is 10.3 Å². The third kappa shape index (κ3) is 2.99. The van der Waals surface area contributed by atoms with Gasteiger partial charge in [0.2, 0.25) is 0 Å². The topological polar surface area (TPSA) is 42.1 Å². The highest BCUT2D eigenvalue weighted by Gasteiger charge is 2.30. The molecule has 0 radical (unpaired) electrons. The van der Waals surface area contributed by atoms with Crippen molar-refractivity contribution < 1.29 is 0 Å². The maximum atomic E-state index is 5.88. The van der Waals surface area contributed by atoms with Crippen molar-refractivity contribution in [3.8, 4) is 0 Å². The Kier molecular flexibility index (Phi) is 3.09. The molecule has 17 heavy (non-hydrogen) atoms. The number of hydrogen-bond donors (Lipinski definition) is 1. The third-order valence-corrected chi connectivity index (χ3v) is 4.52. The van der Waals surface area contributed by atoms with E-state index in [4.69, 9.17) is 10.7 Å². The van der Waals surface area contributed by atoms with Gasteiger partial charge in [-0.2, -0.15) is 0 Å². The van der Waals surface area contributed by atoms with E-state index in [-0.39, 0.29) is 6.04 Å². The summed E-state index contributed by atoms with van der Waals surface area (Å²) in [6.45, 7) is 4.43. The van der Waals surface area contributed by atoms with E-state index in [1.165, 1.54) is 43.9 Å². The van der Waals surface area contributed by atoms with Crippen LogP contribution in [0.1, 0.15) is 44.3 Å². The monoisotopic (exact) mass is 251 g/mol. The minimum absolute atomic E-state index is 0.0590. The molecule has 1 heterocycles. The van der Waals surface area contributed by atoms with Crippen LogP contribution in [0.15, 0.2) is 5.38 Å². The zero-order valence-electron chi connectivity index (χ0n) is 10.4. The maximum Gasteiger partial charge on any atom is 0.185 e. The molecule has 0 spiro atoms. The van der Waals surface area contributed by atoms with Crippen LogP contribution in [0.2, 0.25) is 0 Å². The zero-order valence-corrected chi connectivity index (χ0v) is 11.2. The molecule has 0 saturated heterocycles. The van der Waals surface area contributed by atoms with Crippen molar-refractivity contribution in [2.24, 2.45) is 17.6 Å². The normalized spacial score (nSPS) is 21.5. The first-order valence-corrected chi connectivity index (χ1v) is 7.56. The van der Waals surface area contributed by atoms with E-state index < -0.39 is 0 Å². The Balaban J connectivity index is 1.69. The van der Waals surface area contributed by atoms with E-state index in [9.17, 15) is 0 Å². The lowest BCUT2D eigenvalue weighted by Crippen LogP contribution is -2.28. The molecule has 0 bridgehead atoms. The molecular weight excluding hydrogens is 230 g/mol. The van der Waals surface area contributed by atoms with Crippen molar-refractivity contribution >= 4 is 16.5 Å². The van der Waals surface area contributed by atoms with Gasteiger partial charge in [0.25, 0.3) is 0 Å². The minimum atomic E-state index is 0.0590. The molecule has 3 nitrogen and oxygen atoms in total. The molecule has 2 N–H and O–H groups in total. The van der Waals surface area contributed by atoms with Crippen molar-refractivity contribution in [1.82, 2.24) is 4.98 Å². The smallest absolute Gasteiger partial charge is 0.185 e. The highest BCUT2D eigenvalue weighted by Crippen LogP contribution is 2.36. The van der Waals surface area contributed by atoms with E-state index in [1.807, 2.05) is 6.92 Å². The van der Waals surface area contributed by atoms with Gasteiger partial charge in [-0.05, 0) is 44.4 Å². The first-order chi connectivity index (χ1) is 8.22. The Bertz CT molecular complexity index is 366. The van der Waals surface area contributed by atoms with Crippen molar-refractivity contribution in [3.05, 3.63) is 11.1 Å². The first-order valence-electron chi connectivity index (χ1n) is 6.68. The molecule has 1 atom stereocenters. The molecule has 2 aliphatic carbocycles. The van der Waals surface area contributed by atoms with E-state index in [0.717, 1.165) is 17.5 Å². The van der Waals surface area contributed by atoms with Gasteiger partial charge in [0.1, 0.15) is 0 Å². The summed E-state index contributed by atoms with van der Waals surface area (Å²) in [4.78, 5) is 7.20. The number of nitrogens with zero attached hydrogens (tertiary/aromatic N) is 2. The predicted octanol–water partition coefficient (Wildman–Crippen LogP) is 2.79. The van der Waals surface area contributed by atoms with Crippen LogP contribution < -0.4 is 10.6 Å². The van der Waals surface area contributed by atoms with Crippen LogP contribution >= 0.6 is 11.3 Å². The van der Waals surface area contributed by atoms with Gasteiger partial charge < -0.3 is 10.6 Å². The Morgan fingerprint density at radius 1 is 1.35 bits per heavy atom. The van der Waals surface area contributed by atoms with Gasteiger partial charge >= 0.3 is 0 Å². The number of hydrogen-bond acceptors (Lipinski definition) is 4. The average Bonchev–Trinajstić information content (AvgIpc) is 3.21. The Morgan fingerprint density at radius 3 is 2.35 bits per heavy atom. The number of rotatable bonds is 6. The molecule has 0 aromatic carbocycles. The summed E-state index contributed by atoms with van der Waals surface area (Å²) < 4.78 is 0. The highest BCUT2D eigenvalue weighted by atomic mass is 32.1. The quantitative estimate of drug-likeness (QED) is 0.845. The molecule has 0 aliphatic heterocycles. The van der Waals surface area contributed by atoms with Gasteiger partial charge in [0, 0.05) is 24.5 Å². The molecule has 0 amide bonds. The van der Waals surface area contributed by atoms with Gasteiger partial charge in [0.15, 0.2) is 5.13 Å². The van der Waals surface area contributed by atoms with Gasteiger partial charge in [0.05, 0.1) is 5.69 Å². The van der Waals surface area contributed by atoms with Crippen LogP contribution in [0.25, 0.3) is 0 Å². The Labute approximate surface area is 107 Å². The van der Waals surface area contributed by atoms with E-state index in [1.54, 1.807) is 11.3 Å². The summed E-state index contributed by atoms with van der Waals surface area (Å²) in [5.74, 6) is 1.85. The first kappa shape index (κ1) is 11.5. The summed E-state index contributed by atoms with van der Waals surface area (Å²) in [7, 11) is 0. The second-order valence-corrected chi connectivity index (χ2v) is 6.47. The number of thiazole rings is 1. The second-order valence-electron chi connectivity index (χ2n) is 5.64. The third-order valence-electron chi connectivity index (χ3n) is 3.60. The summed E-state index contributed by atoms with van der Waals surface area (Å²) >= 11 is 1.76. The van der Waals surface area contributed by atoms with Crippen LogP contribution in [-0.2, 0) is 0 Å². The number of nitrogens with two attached hydrogens (primary N) is 1. The standard InChI is InChI=1S/C13H21N3S/c1-9(14)12-8-17-13(15-12)16(6-10-2-3-10)7-11-4-5-11/h8-11H,2-7,14H2,1H3. The Hall–Kier alpha value is -0.610. The van der Waals surface area contributed by atoms with Crippen LogP contribution in [0.5, 0.6) is 0 Å². The molecule has 3 rings (SSSR count). The molecule has 94 valence electrons. The molecule has 1 unspecified atom stereocenters. The summed E-state index contributed by atoms with van der Waals surface area (Å²) in [6.07, 6.45) is 5.64. The lowest BCUT2D eigenvalue weighted by atomic mass is 10.3. The van der Waals surface area contributed by atoms with Gasteiger partial charge in [-0.1, -0.05) is 0 Å². The fourth-order valence-corrected chi connectivity index (χ4v) is 3.04. The average molecular weight is 251 g/mol. The predicted molar refractivity (Wildman–Crippen MR) is 72.4 cm³/mol. The fraction of sp³-hybridized carbons (Fsp3) is 0.769. The highest BCUT2D eigenvalue weighted by molar-refractivity contribution is 7.13. The van der Waals surface area contributed by atoms with Crippen LogP contribution in [0.4, 0.5) is 5.13 Å². The summed E-state index contributed by atoms with van der Waals surface area (Å²) in [6, 6.07) is 0.0590. The second kappa shape index (κ2) is 4.58. The molecule has 2 saturated carbocycles. The molecule has 2 aliphatic rings. The van der Waals surface area contributed by atoms with Crippen LogP contribution in [0, 0.1) is 11.8 Å². The van der Waals surface area contributed by atoms with Crippen LogP contribution in [-0.4, -0.2) is 18.1 Å². The van der Waals surface area contributed by atoms with Crippen molar-refractivity contribution in [3.63, 3.8) is 0 Å². The van der Waals surface area contributed by atoms with Gasteiger partial charge in [-0.25, -0.2) is 4.98 Å². The van der Waals surface area contributed by atoms with Crippen molar-refractivity contribution in [2.75, 3.05) is 18.0 Å². The minimum Gasteiger partial charge on any atom is -0.348 e. The number of anilines is 1. The van der Waals surface area contributed by atoms with Crippen LogP contribution in [0.3, 0.4) is 0 Å². The zero-order chi connectivity index (χ0) is 11.8. The van der Waals surface area contributed by atoms with Crippen molar-refractivity contribution in [1.29, 1.82) is 0 Å².